The Balaban J connectivity index is 2.22. The molecule has 2 aliphatic rings. The Hall–Kier alpha value is -0.260. The summed E-state index contributed by atoms with van der Waals surface area (Å²) in [5.41, 5.74) is 5.55. The second-order valence-electron chi connectivity index (χ2n) is 6.32. The van der Waals surface area contributed by atoms with E-state index in [9.17, 15) is 4.79 Å². The maximum absolute atomic E-state index is 12.1. The number of nitrogens with two attached hydrogens (primary N) is 1. The predicted molar refractivity (Wildman–Crippen MR) is 76.7 cm³/mol. The third kappa shape index (κ3) is 2.83. The highest BCUT2D eigenvalue weighted by molar-refractivity contribution is 7.99. The van der Waals surface area contributed by atoms with Gasteiger partial charge in [0, 0.05) is 25.4 Å². The number of carbonyl (C=O) groups is 1. The van der Waals surface area contributed by atoms with Crippen molar-refractivity contribution in [1.29, 1.82) is 0 Å². The van der Waals surface area contributed by atoms with Crippen molar-refractivity contribution in [2.24, 2.45) is 11.1 Å². The van der Waals surface area contributed by atoms with Gasteiger partial charge in [0.25, 0.3) is 0 Å². The molecule has 4 nitrogen and oxygen atoms in total. The monoisotopic (exact) mass is 271 g/mol. The van der Waals surface area contributed by atoms with Crippen molar-refractivity contribution in [3.8, 4) is 0 Å². The molecule has 104 valence electrons. The van der Waals surface area contributed by atoms with Gasteiger partial charge in [0.05, 0.1) is 0 Å². The minimum absolute atomic E-state index is 0.135. The van der Waals surface area contributed by atoms with E-state index in [1.807, 2.05) is 11.8 Å². The van der Waals surface area contributed by atoms with Crippen LogP contribution in [0, 0.1) is 5.41 Å². The molecule has 1 unspecified atom stereocenters. The average molecular weight is 271 g/mol. The fourth-order valence-corrected chi connectivity index (χ4v) is 4.70. The van der Waals surface area contributed by atoms with Gasteiger partial charge in [-0.05, 0) is 30.6 Å². The largest absolute Gasteiger partial charge is 0.368 e. The van der Waals surface area contributed by atoms with Crippen LogP contribution >= 0.6 is 11.8 Å². The number of nitrogens with zero attached hydrogens (tertiary/aromatic N) is 1. The Morgan fingerprint density at radius 2 is 2.06 bits per heavy atom. The van der Waals surface area contributed by atoms with Crippen molar-refractivity contribution >= 4 is 17.7 Å². The van der Waals surface area contributed by atoms with Crippen molar-refractivity contribution in [3.63, 3.8) is 0 Å². The first kappa shape index (κ1) is 14.2. The van der Waals surface area contributed by atoms with Crippen LogP contribution in [-0.4, -0.2) is 54.0 Å². The molecule has 0 aromatic heterocycles. The van der Waals surface area contributed by atoms with E-state index in [4.69, 9.17) is 5.73 Å². The standard InChI is InChI=1S/C13H25N3OS/c1-12(2)8-13(11(14)17,10-18-9-12)16-6-3-4-15-5-7-16/h15H,3-10H2,1-2H3,(H2,14,17). The normalized spacial score (nSPS) is 33.9. The van der Waals surface area contributed by atoms with Crippen LogP contribution < -0.4 is 11.1 Å². The summed E-state index contributed by atoms with van der Waals surface area (Å²) in [6.07, 6.45) is 1.99. The van der Waals surface area contributed by atoms with Crippen molar-refractivity contribution < 1.29 is 4.79 Å². The van der Waals surface area contributed by atoms with Crippen LogP contribution in [0.15, 0.2) is 0 Å². The van der Waals surface area contributed by atoms with Crippen molar-refractivity contribution in [2.75, 3.05) is 37.7 Å². The second-order valence-corrected chi connectivity index (χ2v) is 7.31. The fourth-order valence-electron chi connectivity index (χ4n) is 3.18. The summed E-state index contributed by atoms with van der Waals surface area (Å²) in [6, 6.07) is 0. The van der Waals surface area contributed by atoms with Gasteiger partial charge in [-0.25, -0.2) is 0 Å². The smallest absolute Gasteiger partial charge is 0.238 e. The van der Waals surface area contributed by atoms with Crippen LogP contribution in [0.3, 0.4) is 0 Å². The molecule has 0 saturated carbocycles. The van der Waals surface area contributed by atoms with E-state index in [0.29, 0.717) is 0 Å². The first-order valence-electron chi connectivity index (χ1n) is 6.80. The molecule has 0 bridgehead atoms. The summed E-state index contributed by atoms with van der Waals surface area (Å²) in [5, 5.41) is 3.39. The lowest BCUT2D eigenvalue weighted by atomic mass is 9.78. The molecule has 2 rings (SSSR count). The Morgan fingerprint density at radius 3 is 2.72 bits per heavy atom. The topological polar surface area (TPSA) is 58.4 Å². The SMILES string of the molecule is CC1(C)CSCC(C(N)=O)(N2CCCNCC2)C1. The Morgan fingerprint density at radius 1 is 1.28 bits per heavy atom. The number of amides is 1. The molecule has 3 N–H and O–H groups in total. The molecule has 0 aromatic rings. The minimum Gasteiger partial charge on any atom is -0.368 e. The molecule has 5 heteroatoms. The highest BCUT2D eigenvalue weighted by Crippen LogP contribution is 2.42. The quantitative estimate of drug-likeness (QED) is 0.775. The average Bonchev–Trinajstić information content (AvgIpc) is 2.55. The summed E-state index contributed by atoms with van der Waals surface area (Å²) >= 11 is 1.87. The van der Waals surface area contributed by atoms with Gasteiger partial charge in [0.2, 0.25) is 5.91 Å². The molecular formula is C13H25N3OS. The zero-order valence-electron chi connectivity index (χ0n) is 11.5. The Kier molecular flexibility index (Phi) is 4.24. The van der Waals surface area contributed by atoms with Gasteiger partial charge in [0.1, 0.15) is 5.54 Å². The van der Waals surface area contributed by atoms with Crippen LogP contribution in [0.1, 0.15) is 26.7 Å². The molecular weight excluding hydrogens is 246 g/mol. The van der Waals surface area contributed by atoms with E-state index in [1.54, 1.807) is 0 Å². The van der Waals surface area contributed by atoms with Crippen molar-refractivity contribution in [1.82, 2.24) is 10.2 Å². The lowest BCUT2D eigenvalue weighted by Gasteiger charge is -2.48. The highest BCUT2D eigenvalue weighted by Gasteiger charge is 2.48. The summed E-state index contributed by atoms with van der Waals surface area (Å²) < 4.78 is 0. The molecule has 0 radical (unpaired) electrons. The highest BCUT2D eigenvalue weighted by atomic mass is 32.2. The zero-order valence-corrected chi connectivity index (χ0v) is 12.3. The Bertz CT molecular complexity index is 313. The first-order valence-corrected chi connectivity index (χ1v) is 7.95. The summed E-state index contributed by atoms with van der Waals surface area (Å²) in [7, 11) is 0. The van der Waals surface area contributed by atoms with Crippen LogP contribution in [0.2, 0.25) is 0 Å². The molecule has 1 atom stereocenters. The molecule has 2 heterocycles. The molecule has 2 saturated heterocycles. The molecule has 0 spiro atoms. The molecule has 18 heavy (non-hydrogen) atoms. The molecule has 1 amide bonds. The van der Waals surface area contributed by atoms with Gasteiger partial charge in [-0.3, -0.25) is 9.69 Å². The zero-order chi connectivity index (χ0) is 13.2. The van der Waals surface area contributed by atoms with Crippen LogP contribution in [0.25, 0.3) is 0 Å². The van der Waals surface area contributed by atoms with Gasteiger partial charge < -0.3 is 11.1 Å². The number of primary amides is 1. The number of thioether (sulfide) groups is 1. The maximum atomic E-state index is 12.1. The van der Waals surface area contributed by atoms with Crippen LogP contribution in [-0.2, 0) is 4.79 Å². The number of hydrogen-bond acceptors (Lipinski definition) is 4. The van der Waals surface area contributed by atoms with Gasteiger partial charge in [-0.2, -0.15) is 11.8 Å². The molecule has 0 aliphatic carbocycles. The van der Waals surface area contributed by atoms with E-state index >= 15 is 0 Å². The summed E-state index contributed by atoms with van der Waals surface area (Å²) in [6.45, 7) is 8.40. The van der Waals surface area contributed by atoms with E-state index in [2.05, 4.69) is 24.1 Å². The third-order valence-electron chi connectivity index (χ3n) is 4.01. The van der Waals surface area contributed by atoms with Crippen molar-refractivity contribution in [3.05, 3.63) is 0 Å². The predicted octanol–water partition coefficient (Wildman–Crippen LogP) is 0.669. The molecule has 2 fully saturated rings. The lowest BCUT2D eigenvalue weighted by molar-refractivity contribution is -0.131. The summed E-state index contributed by atoms with van der Waals surface area (Å²) in [5.74, 6) is 1.84. The van der Waals surface area contributed by atoms with E-state index in [1.165, 1.54) is 0 Å². The van der Waals surface area contributed by atoms with Gasteiger partial charge in [-0.1, -0.05) is 13.8 Å². The lowest BCUT2D eigenvalue weighted by Crippen LogP contribution is -2.63. The number of hydrogen-bond donors (Lipinski definition) is 2. The maximum Gasteiger partial charge on any atom is 0.238 e. The van der Waals surface area contributed by atoms with Gasteiger partial charge in [-0.15, -0.1) is 0 Å². The number of rotatable bonds is 2. The number of nitrogens with one attached hydrogen (secondary N) is 1. The van der Waals surface area contributed by atoms with Gasteiger partial charge in [0.15, 0.2) is 0 Å². The molecule has 0 aromatic carbocycles. The second kappa shape index (κ2) is 5.39. The summed E-state index contributed by atoms with van der Waals surface area (Å²) in [4.78, 5) is 14.5. The van der Waals surface area contributed by atoms with Crippen LogP contribution in [0.5, 0.6) is 0 Å². The van der Waals surface area contributed by atoms with Gasteiger partial charge >= 0.3 is 0 Å². The number of carbonyl (C=O) groups excluding carboxylic acids is 1. The Labute approximate surface area is 114 Å². The van der Waals surface area contributed by atoms with E-state index in [0.717, 1.165) is 50.5 Å². The van der Waals surface area contributed by atoms with E-state index < -0.39 is 5.54 Å². The molecule has 2 aliphatic heterocycles. The minimum atomic E-state index is -0.432. The fraction of sp³-hybridized carbons (Fsp3) is 0.923. The van der Waals surface area contributed by atoms with Crippen molar-refractivity contribution in [2.45, 2.75) is 32.2 Å². The van der Waals surface area contributed by atoms with Crippen LogP contribution in [0.4, 0.5) is 0 Å². The first-order chi connectivity index (χ1) is 8.46. The van der Waals surface area contributed by atoms with E-state index in [-0.39, 0.29) is 11.3 Å². The third-order valence-corrected chi connectivity index (χ3v) is 5.68.